The number of H-pyrrole nitrogens is 1. The molecule has 1 aromatic carbocycles. The molecule has 1 atom stereocenters. The molecule has 3 N–H and O–H groups in total. The molecule has 6 nitrogen and oxygen atoms in total. The number of rotatable bonds is 7. The average molecular weight is 407 g/mol. The predicted molar refractivity (Wildman–Crippen MR) is 122 cm³/mol. The fraction of sp³-hybridized carbons (Fsp3) is 0.333. The molecule has 0 saturated carbocycles. The van der Waals surface area contributed by atoms with Gasteiger partial charge in [-0.2, -0.15) is 0 Å². The standard InChI is InChI=1S/C24H30N4O2/c1-15-21(14-19-18-10-6-7-11-20(18)27-23(19)29)26-17(3)22(15)16(2)24(30)28(5)13-9-8-12-25-4/h6-11,14,16,25-26H,12-13H2,1-5H3,(H,27,29). The Labute approximate surface area is 178 Å². The largest absolute Gasteiger partial charge is 0.359 e. The van der Waals surface area contributed by atoms with Crippen molar-refractivity contribution in [3.05, 3.63) is 64.5 Å². The second-order valence-electron chi connectivity index (χ2n) is 7.73. The predicted octanol–water partition coefficient (Wildman–Crippen LogP) is 3.46. The van der Waals surface area contributed by atoms with E-state index in [4.69, 9.17) is 0 Å². The van der Waals surface area contributed by atoms with Crippen molar-refractivity contribution >= 4 is 29.2 Å². The fourth-order valence-corrected chi connectivity index (χ4v) is 3.99. The Morgan fingerprint density at radius 2 is 1.97 bits per heavy atom. The summed E-state index contributed by atoms with van der Waals surface area (Å²) in [4.78, 5) is 30.5. The SMILES string of the molecule is CNCC=CCN(C)C(=O)C(C)c1c(C)[nH]c(C=C2C(=O)Nc3ccccc32)c1C. The summed E-state index contributed by atoms with van der Waals surface area (Å²) in [6.45, 7) is 7.27. The van der Waals surface area contributed by atoms with Crippen LogP contribution in [0.1, 0.15) is 40.9 Å². The molecule has 1 aromatic heterocycles. The van der Waals surface area contributed by atoms with Gasteiger partial charge in [0.1, 0.15) is 0 Å². The van der Waals surface area contributed by atoms with Crippen molar-refractivity contribution in [1.29, 1.82) is 0 Å². The van der Waals surface area contributed by atoms with E-state index in [0.717, 1.165) is 40.3 Å². The third kappa shape index (κ3) is 4.24. The summed E-state index contributed by atoms with van der Waals surface area (Å²) in [6.07, 6.45) is 5.88. The van der Waals surface area contributed by atoms with Crippen LogP contribution in [-0.4, -0.2) is 48.9 Å². The Hall–Kier alpha value is -3.12. The summed E-state index contributed by atoms with van der Waals surface area (Å²) in [7, 11) is 3.71. The molecule has 0 fully saturated rings. The van der Waals surface area contributed by atoms with E-state index in [9.17, 15) is 9.59 Å². The number of carbonyl (C=O) groups excluding carboxylic acids is 2. The number of benzene rings is 1. The van der Waals surface area contributed by atoms with E-state index in [1.807, 2.05) is 77.4 Å². The smallest absolute Gasteiger partial charge is 0.256 e. The van der Waals surface area contributed by atoms with Crippen molar-refractivity contribution in [3.63, 3.8) is 0 Å². The minimum Gasteiger partial charge on any atom is -0.359 e. The van der Waals surface area contributed by atoms with Crippen LogP contribution in [0.4, 0.5) is 5.69 Å². The van der Waals surface area contributed by atoms with Gasteiger partial charge in [-0.15, -0.1) is 0 Å². The van der Waals surface area contributed by atoms with Crippen molar-refractivity contribution in [2.75, 3.05) is 32.5 Å². The van der Waals surface area contributed by atoms with E-state index < -0.39 is 0 Å². The summed E-state index contributed by atoms with van der Waals surface area (Å²) in [5.41, 5.74) is 6.15. The van der Waals surface area contributed by atoms with Gasteiger partial charge in [0.15, 0.2) is 0 Å². The monoisotopic (exact) mass is 406 g/mol. The Balaban J connectivity index is 1.86. The molecule has 0 radical (unpaired) electrons. The van der Waals surface area contributed by atoms with Crippen molar-refractivity contribution in [2.45, 2.75) is 26.7 Å². The van der Waals surface area contributed by atoms with Gasteiger partial charge in [0.25, 0.3) is 5.91 Å². The third-order valence-corrected chi connectivity index (χ3v) is 5.58. The van der Waals surface area contributed by atoms with Gasteiger partial charge in [-0.3, -0.25) is 9.59 Å². The normalized spacial score (nSPS) is 15.5. The maximum Gasteiger partial charge on any atom is 0.256 e. The summed E-state index contributed by atoms with van der Waals surface area (Å²) in [5, 5.41) is 5.95. The van der Waals surface area contributed by atoms with Gasteiger partial charge in [-0.25, -0.2) is 0 Å². The number of aromatic amines is 1. The zero-order chi connectivity index (χ0) is 21.8. The molecule has 1 aliphatic rings. The van der Waals surface area contributed by atoms with E-state index in [-0.39, 0.29) is 17.7 Å². The molecule has 2 aromatic rings. The van der Waals surface area contributed by atoms with Crippen LogP contribution >= 0.6 is 0 Å². The van der Waals surface area contributed by atoms with Crippen LogP contribution in [0.3, 0.4) is 0 Å². The van der Waals surface area contributed by atoms with Gasteiger partial charge in [0, 0.05) is 42.8 Å². The van der Waals surface area contributed by atoms with Crippen molar-refractivity contribution in [2.24, 2.45) is 0 Å². The van der Waals surface area contributed by atoms with Crippen LogP contribution in [-0.2, 0) is 9.59 Å². The van der Waals surface area contributed by atoms with E-state index in [0.29, 0.717) is 12.1 Å². The van der Waals surface area contributed by atoms with E-state index in [2.05, 4.69) is 15.6 Å². The molecule has 0 aliphatic carbocycles. The quantitative estimate of drug-likeness (QED) is 0.487. The van der Waals surface area contributed by atoms with Gasteiger partial charge >= 0.3 is 0 Å². The molecule has 2 amide bonds. The first-order chi connectivity index (χ1) is 14.3. The minimum atomic E-state index is -0.277. The van der Waals surface area contributed by atoms with Crippen LogP contribution in [0.15, 0.2) is 36.4 Å². The van der Waals surface area contributed by atoms with E-state index >= 15 is 0 Å². The molecule has 6 heteroatoms. The van der Waals surface area contributed by atoms with Crippen LogP contribution < -0.4 is 10.6 Å². The molecule has 158 valence electrons. The van der Waals surface area contributed by atoms with Crippen molar-refractivity contribution in [3.8, 4) is 0 Å². The topological polar surface area (TPSA) is 77.2 Å². The number of hydrogen-bond acceptors (Lipinski definition) is 3. The maximum absolute atomic E-state index is 13.0. The molecule has 1 aliphatic heterocycles. The Bertz CT molecular complexity index is 1020. The third-order valence-electron chi connectivity index (χ3n) is 5.58. The lowest BCUT2D eigenvalue weighted by Crippen LogP contribution is -2.31. The number of aryl methyl sites for hydroxylation is 1. The number of carbonyl (C=O) groups is 2. The second kappa shape index (κ2) is 9.13. The number of anilines is 1. The summed E-state index contributed by atoms with van der Waals surface area (Å²) in [6, 6.07) is 7.66. The van der Waals surface area contributed by atoms with Crippen molar-refractivity contribution < 1.29 is 9.59 Å². The van der Waals surface area contributed by atoms with Crippen LogP contribution in [0.2, 0.25) is 0 Å². The molecule has 0 bridgehead atoms. The summed E-state index contributed by atoms with van der Waals surface area (Å²) >= 11 is 0. The summed E-state index contributed by atoms with van der Waals surface area (Å²) in [5.74, 6) is -0.320. The highest BCUT2D eigenvalue weighted by molar-refractivity contribution is 6.34. The lowest BCUT2D eigenvalue weighted by Gasteiger charge is -2.21. The molecule has 0 spiro atoms. The number of para-hydroxylation sites is 1. The number of nitrogens with one attached hydrogen (secondary N) is 3. The Morgan fingerprint density at radius 3 is 2.70 bits per heavy atom. The molecule has 3 rings (SSSR count). The Kier molecular flexibility index (Phi) is 6.57. The van der Waals surface area contributed by atoms with E-state index in [1.54, 1.807) is 4.90 Å². The van der Waals surface area contributed by atoms with Gasteiger partial charge in [0.05, 0.1) is 11.5 Å². The van der Waals surface area contributed by atoms with Crippen LogP contribution in [0.5, 0.6) is 0 Å². The lowest BCUT2D eigenvalue weighted by molar-refractivity contribution is -0.130. The number of aromatic nitrogens is 1. The first kappa shape index (κ1) is 21.6. The van der Waals surface area contributed by atoms with Gasteiger partial charge in [-0.05, 0) is 51.1 Å². The number of nitrogens with zero attached hydrogens (tertiary/aromatic N) is 1. The van der Waals surface area contributed by atoms with Gasteiger partial charge in [0.2, 0.25) is 5.91 Å². The highest BCUT2D eigenvalue weighted by Crippen LogP contribution is 2.35. The molecular formula is C24H30N4O2. The first-order valence-corrected chi connectivity index (χ1v) is 10.2. The van der Waals surface area contributed by atoms with E-state index in [1.165, 1.54) is 0 Å². The highest BCUT2D eigenvalue weighted by Gasteiger charge is 2.27. The number of likely N-dealkylation sites (N-methyl/N-ethyl adjacent to an activating group) is 2. The number of fused-ring (bicyclic) bond motifs is 1. The minimum absolute atomic E-state index is 0.0671. The second-order valence-corrected chi connectivity index (χ2v) is 7.73. The van der Waals surface area contributed by atoms with Crippen LogP contribution in [0, 0.1) is 13.8 Å². The molecule has 30 heavy (non-hydrogen) atoms. The highest BCUT2D eigenvalue weighted by atomic mass is 16.2. The van der Waals surface area contributed by atoms with Crippen LogP contribution in [0.25, 0.3) is 11.6 Å². The Morgan fingerprint density at radius 1 is 1.23 bits per heavy atom. The number of amides is 2. The average Bonchev–Trinajstić information content (AvgIpc) is 3.19. The van der Waals surface area contributed by atoms with Gasteiger partial charge in [-0.1, -0.05) is 30.4 Å². The molecular weight excluding hydrogens is 376 g/mol. The van der Waals surface area contributed by atoms with Gasteiger partial charge < -0.3 is 20.5 Å². The molecule has 2 heterocycles. The maximum atomic E-state index is 13.0. The lowest BCUT2D eigenvalue weighted by atomic mass is 9.95. The number of hydrogen-bond donors (Lipinski definition) is 3. The van der Waals surface area contributed by atoms with Crippen molar-refractivity contribution in [1.82, 2.24) is 15.2 Å². The zero-order valence-electron chi connectivity index (χ0n) is 18.3. The zero-order valence-corrected chi connectivity index (χ0v) is 18.3. The summed E-state index contributed by atoms with van der Waals surface area (Å²) < 4.78 is 0. The first-order valence-electron chi connectivity index (χ1n) is 10.2. The molecule has 1 unspecified atom stereocenters. The fourth-order valence-electron chi connectivity index (χ4n) is 3.99. The molecule has 0 saturated heterocycles.